The Morgan fingerprint density at radius 1 is 1.33 bits per heavy atom. The molecule has 0 aliphatic carbocycles. The molecule has 2 N–H and O–H groups in total. The number of carbonyl (C=O) groups excluding carboxylic acids is 1. The Kier molecular flexibility index (Phi) is 4.94. The summed E-state index contributed by atoms with van der Waals surface area (Å²) in [5.41, 5.74) is 0. The van der Waals surface area contributed by atoms with E-state index in [-0.39, 0.29) is 6.54 Å². The molecular formula is C10H14F3NO4. The molecule has 1 aliphatic rings. The molecule has 0 aromatic carbocycles. The van der Waals surface area contributed by atoms with Gasteiger partial charge in [-0.05, 0) is 12.8 Å². The second-order valence-electron chi connectivity index (χ2n) is 4.08. The lowest BCUT2D eigenvalue weighted by Crippen LogP contribution is -2.33. The van der Waals surface area contributed by atoms with Crippen LogP contribution in [-0.2, 0) is 14.3 Å². The van der Waals surface area contributed by atoms with Crippen molar-refractivity contribution in [3.63, 3.8) is 0 Å². The summed E-state index contributed by atoms with van der Waals surface area (Å²) in [5.74, 6) is -1.78. The van der Waals surface area contributed by atoms with Crippen LogP contribution in [0.15, 0.2) is 0 Å². The summed E-state index contributed by atoms with van der Waals surface area (Å²) in [6, 6.07) is 0. The standard InChI is InChI=1S/C10H14F3NO4/c11-10(12,13)4-3-8(15)14-5-6-1-2-7(18-6)9(16)17/h6-7H,1-5H2,(H,14,15)(H,16,17). The third-order valence-corrected chi connectivity index (χ3v) is 2.55. The summed E-state index contributed by atoms with van der Waals surface area (Å²) in [6.45, 7) is 0.0421. The number of carbonyl (C=O) groups is 2. The number of rotatable bonds is 5. The number of ether oxygens (including phenoxy) is 1. The first-order valence-electron chi connectivity index (χ1n) is 5.49. The van der Waals surface area contributed by atoms with Crippen molar-refractivity contribution >= 4 is 11.9 Å². The van der Waals surface area contributed by atoms with Gasteiger partial charge in [0.15, 0.2) is 6.10 Å². The Hall–Kier alpha value is -1.31. The number of aliphatic carboxylic acids is 1. The van der Waals surface area contributed by atoms with Crippen LogP contribution < -0.4 is 5.32 Å². The van der Waals surface area contributed by atoms with Gasteiger partial charge >= 0.3 is 12.1 Å². The minimum atomic E-state index is -4.35. The van der Waals surface area contributed by atoms with E-state index in [0.29, 0.717) is 12.8 Å². The van der Waals surface area contributed by atoms with Gasteiger partial charge in [0.1, 0.15) is 0 Å². The summed E-state index contributed by atoms with van der Waals surface area (Å²) in [4.78, 5) is 21.6. The van der Waals surface area contributed by atoms with E-state index in [9.17, 15) is 22.8 Å². The Morgan fingerprint density at radius 2 is 2.00 bits per heavy atom. The number of hydrogen-bond donors (Lipinski definition) is 2. The molecule has 1 amide bonds. The number of amides is 1. The van der Waals surface area contributed by atoms with Crippen LogP contribution >= 0.6 is 0 Å². The van der Waals surface area contributed by atoms with Crippen LogP contribution in [0.2, 0.25) is 0 Å². The Balaban J connectivity index is 2.18. The van der Waals surface area contributed by atoms with Gasteiger partial charge in [-0.3, -0.25) is 4.79 Å². The number of halogens is 3. The van der Waals surface area contributed by atoms with Crippen LogP contribution in [-0.4, -0.2) is 41.9 Å². The van der Waals surface area contributed by atoms with Crippen LogP contribution in [0.5, 0.6) is 0 Å². The maximum Gasteiger partial charge on any atom is 0.389 e. The highest BCUT2D eigenvalue weighted by molar-refractivity contribution is 5.76. The van der Waals surface area contributed by atoms with Crippen molar-refractivity contribution in [1.29, 1.82) is 0 Å². The van der Waals surface area contributed by atoms with E-state index in [1.54, 1.807) is 0 Å². The number of hydrogen-bond acceptors (Lipinski definition) is 3. The van der Waals surface area contributed by atoms with E-state index >= 15 is 0 Å². The largest absolute Gasteiger partial charge is 0.479 e. The number of alkyl halides is 3. The zero-order valence-electron chi connectivity index (χ0n) is 9.50. The van der Waals surface area contributed by atoms with E-state index in [1.165, 1.54) is 0 Å². The van der Waals surface area contributed by atoms with E-state index in [1.807, 2.05) is 0 Å². The van der Waals surface area contributed by atoms with Gasteiger partial charge in [-0.2, -0.15) is 13.2 Å². The zero-order valence-corrected chi connectivity index (χ0v) is 9.50. The highest BCUT2D eigenvalue weighted by Crippen LogP contribution is 2.21. The van der Waals surface area contributed by atoms with Crippen molar-refractivity contribution in [2.75, 3.05) is 6.54 Å². The molecule has 1 saturated heterocycles. The molecule has 1 aliphatic heterocycles. The normalized spacial score (nSPS) is 23.9. The monoisotopic (exact) mass is 269 g/mol. The molecule has 0 saturated carbocycles. The average molecular weight is 269 g/mol. The highest BCUT2D eigenvalue weighted by atomic mass is 19.4. The van der Waals surface area contributed by atoms with Gasteiger partial charge in [0.25, 0.3) is 0 Å². The van der Waals surface area contributed by atoms with E-state index in [4.69, 9.17) is 9.84 Å². The van der Waals surface area contributed by atoms with Crippen molar-refractivity contribution in [1.82, 2.24) is 5.32 Å². The van der Waals surface area contributed by atoms with Gasteiger partial charge in [-0.1, -0.05) is 0 Å². The predicted octanol–water partition coefficient (Wildman–Crippen LogP) is 1.08. The van der Waals surface area contributed by atoms with Gasteiger partial charge in [-0.25, -0.2) is 4.79 Å². The van der Waals surface area contributed by atoms with Gasteiger partial charge in [0, 0.05) is 13.0 Å². The van der Waals surface area contributed by atoms with Crippen LogP contribution in [0.4, 0.5) is 13.2 Å². The van der Waals surface area contributed by atoms with E-state index < -0.39 is 43.1 Å². The molecule has 0 bridgehead atoms. The summed E-state index contributed by atoms with van der Waals surface area (Å²) in [6.07, 6.45) is -6.66. The molecule has 5 nitrogen and oxygen atoms in total. The lowest BCUT2D eigenvalue weighted by atomic mass is 10.2. The number of carboxylic acid groups (broad SMARTS) is 1. The Morgan fingerprint density at radius 3 is 2.50 bits per heavy atom. The first-order chi connectivity index (χ1) is 8.28. The van der Waals surface area contributed by atoms with Crippen LogP contribution in [0, 0.1) is 0 Å². The predicted molar refractivity (Wildman–Crippen MR) is 53.8 cm³/mol. The summed E-state index contributed by atoms with van der Waals surface area (Å²) < 4.78 is 40.6. The van der Waals surface area contributed by atoms with Gasteiger partial charge in [0.05, 0.1) is 12.5 Å². The molecule has 2 unspecified atom stereocenters. The molecule has 2 atom stereocenters. The third-order valence-electron chi connectivity index (χ3n) is 2.55. The molecule has 0 aromatic rings. The molecule has 0 spiro atoms. The average Bonchev–Trinajstić information content (AvgIpc) is 2.71. The lowest BCUT2D eigenvalue weighted by molar-refractivity contribution is -0.149. The lowest BCUT2D eigenvalue weighted by Gasteiger charge is -2.12. The summed E-state index contributed by atoms with van der Waals surface area (Å²) >= 11 is 0. The van der Waals surface area contributed by atoms with Crippen LogP contribution in [0.3, 0.4) is 0 Å². The van der Waals surface area contributed by atoms with Crippen molar-refractivity contribution in [3.05, 3.63) is 0 Å². The number of carboxylic acids is 1. The van der Waals surface area contributed by atoms with E-state index in [2.05, 4.69) is 5.32 Å². The van der Waals surface area contributed by atoms with Gasteiger partial charge in [0.2, 0.25) is 5.91 Å². The smallest absolute Gasteiger partial charge is 0.389 e. The fraction of sp³-hybridized carbons (Fsp3) is 0.800. The molecule has 1 rings (SSSR count). The summed E-state index contributed by atoms with van der Waals surface area (Å²) in [7, 11) is 0. The molecule has 0 aromatic heterocycles. The fourth-order valence-corrected chi connectivity index (χ4v) is 1.61. The second kappa shape index (κ2) is 6.03. The van der Waals surface area contributed by atoms with Crippen LogP contribution in [0.25, 0.3) is 0 Å². The van der Waals surface area contributed by atoms with Crippen molar-refractivity contribution in [2.24, 2.45) is 0 Å². The second-order valence-corrected chi connectivity index (χ2v) is 4.08. The first kappa shape index (κ1) is 14.7. The van der Waals surface area contributed by atoms with Crippen molar-refractivity contribution in [3.8, 4) is 0 Å². The van der Waals surface area contributed by atoms with Crippen molar-refractivity contribution < 1.29 is 32.6 Å². The van der Waals surface area contributed by atoms with Gasteiger partial charge in [-0.15, -0.1) is 0 Å². The third kappa shape index (κ3) is 5.35. The molecule has 104 valence electrons. The molecule has 1 fully saturated rings. The maximum absolute atomic E-state index is 11.8. The fourth-order valence-electron chi connectivity index (χ4n) is 1.61. The van der Waals surface area contributed by atoms with E-state index in [0.717, 1.165) is 0 Å². The topological polar surface area (TPSA) is 75.6 Å². The summed E-state index contributed by atoms with van der Waals surface area (Å²) in [5, 5.41) is 10.9. The first-order valence-corrected chi connectivity index (χ1v) is 5.49. The quantitative estimate of drug-likeness (QED) is 0.783. The Bertz CT molecular complexity index is 319. The van der Waals surface area contributed by atoms with Crippen molar-refractivity contribution in [2.45, 2.75) is 44.1 Å². The molecule has 18 heavy (non-hydrogen) atoms. The molecule has 0 radical (unpaired) electrons. The zero-order chi connectivity index (χ0) is 13.8. The number of nitrogens with one attached hydrogen (secondary N) is 1. The molecule has 8 heteroatoms. The van der Waals surface area contributed by atoms with Crippen LogP contribution in [0.1, 0.15) is 25.7 Å². The minimum Gasteiger partial charge on any atom is -0.479 e. The molecular weight excluding hydrogens is 255 g/mol. The highest BCUT2D eigenvalue weighted by Gasteiger charge is 2.31. The molecule has 1 heterocycles. The Labute approximate surface area is 101 Å². The maximum atomic E-state index is 11.8. The minimum absolute atomic E-state index is 0.0421. The SMILES string of the molecule is O=C(CCC(F)(F)F)NCC1CCC(C(=O)O)O1. The van der Waals surface area contributed by atoms with Gasteiger partial charge < -0.3 is 15.2 Å².